The molecule has 0 radical (unpaired) electrons. The van der Waals surface area contributed by atoms with Gasteiger partial charge in [0.1, 0.15) is 0 Å². The molecular formula is C68H133NO5. The van der Waals surface area contributed by atoms with E-state index in [0.29, 0.717) is 25.9 Å². The number of aliphatic hydroxyl groups is 2. The molecule has 0 heterocycles. The van der Waals surface area contributed by atoms with Crippen molar-refractivity contribution in [3.63, 3.8) is 0 Å². The molecule has 74 heavy (non-hydrogen) atoms. The van der Waals surface area contributed by atoms with Crippen molar-refractivity contribution in [1.82, 2.24) is 5.32 Å². The van der Waals surface area contributed by atoms with Gasteiger partial charge in [0.2, 0.25) is 5.91 Å². The molecule has 6 nitrogen and oxygen atoms in total. The number of esters is 1. The first-order chi connectivity index (χ1) is 36.5. The van der Waals surface area contributed by atoms with Crippen LogP contribution in [0.4, 0.5) is 0 Å². The Bertz CT molecular complexity index is 1110. The minimum Gasteiger partial charge on any atom is -0.466 e. The molecule has 0 bridgehead atoms. The third-order valence-corrected chi connectivity index (χ3v) is 16.1. The van der Waals surface area contributed by atoms with Crippen LogP contribution in [-0.2, 0) is 14.3 Å². The van der Waals surface area contributed by atoms with Gasteiger partial charge in [0, 0.05) is 12.8 Å². The maximum absolute atomic E-state index is 12.5. The summed E-state index contributed by atoms with van der Waals surface area (Å²) in [6, 6.07) is -0.546. The minimum atomic E-state index is -0.668. The summed E-state index contributed by atoms with van der Waals surface area (Å²) >= 11 is 0. The number of carbonyl (C=O) groups excluding carboxylic acids is 2. The number of aliphatic hydroxyl groups excluding tert-OH is 2. The van der Waals surface area contributed by atoms with Gasteiger partial charge >= 0.3 is 5.97 Å². The van der Waals surface area contributed by atoms with E-state index in [2.05, 4.69) is 31.3 Å². The van der Waals surface area contributed by atoms with Crippen LogP contribution in [0.15, 0.2) is 12.2 Å². The first-order valence-electron chi connectivity index (χ1n) is 33.9. The first kappa shape index (κ1) is 72.6. The summed E-state index contributed by atoms with van der Waals surface area (Å²) in [4.78, 5) is 24.6. The standard InChI is InChI=1S/C68H133NO5/c1-3-5-7-9-11-13-15-17-18-19-20-24-27-30-33-37-40-44-48-52-56-60-66(71)65(64-70)69-67(72)61-57-53-49-45-41-38-34-31-28-25-22-21-23-26-29-32-35-39-43-47-51-55-59-63-74-68(73)62-58-54-50-46-42-36-16-14-12-10-8-6-4-2/h25,28,65-66,70-71H,3-24,26-27,29-64H2,1-2H3,(H,69,72)/b28-25-. The Morgan fingerprint density at radius 3 is 0.959 bits per heavy atom. The molecule has 2 unspecified atom stereocenters. The minimum absolute atomic E-state index is 0.0141. The normalized spacial score (nSPS) is 12.5. The fourth-order valence-electron chi connectivity index (χ4n) is 10.9. The molecule has 0 aromatic rings. The zero-order valence-corrected chi connectivity index (χ0v) is 50.4. The second-order valence-electron chi connectivity index (χ2n) is 23.5. The van der Waals surface area contributed by atoms with Crippen molar-refractivity contribution >= 4 is 11.9 Å². The molecule has 0 aliphatic heterocycles. The Balaban J connectivity index is 3.40. The van der Waals surface area contributed by atoms with Gasteiger partial charge in [-0.1, -0.05) is 334 Å². The smallest absolute Gasteiger partial charge is 0.305 e. The third kappa shape index (κ3) is 59.8. The molecule has 0 saturated carbocycles. The van der Waals surface area contributed by atoms with Gasteiger partial charge in [0.05, 0.1) is 25.4 Å². The Labute approximate surface area is 463 Å². The van der Waals surface area contributed by atoms with Gasteiger partial charge in [-0.25, -0.2) is 0 Å². The van der Waals surface area contributed by atoms with Crippen LogP contribution in [0.2, 0.25) is 0 Å². The van der Waals surface area contributed by atoms with Gasteiger partial charge in [0.25, 0.3) is 0 Å². The van der Waals surface area contributed by atoms with E-state index in [-0.39, 0.29) is 18.5 Å². The zero-order chi connectivity index (χ0) is 53.6. The molecule has 6 heteroatoms. The van der Waals surface area contributed by atoms with E-state index in [1.165, 1.54) is 315 Å². The quantitative estimate of drug-likeness (QED) is 0.0320. The highest BCUT2D eigenvalue weighted by Gasteiger charge is 2.20. The lowest BCUT2D eigenvalue weighted by Crippen LogP contribution is -2.45. The predicted molar refractivity (Wildman–Crippen MR) is 324 cm³/mol. The van der Waals surface area contributed by atoms with Gasteiger partial charge in [-0.3, -0.25) is 9.59 Å². The van der Waals surface area contributed by atoms with Crippen LogP contribution in [0.25, 0.3) is 0 Å². The number of hydrogen-bond acceptors (Lipinski definition) is 5. The van der Waals surface area contributed by atoms with Crippen molar-refractivity contribution in [3.8, 4) is 0 Å². The maximum atomic E-state index is 12.5. The Morgan fingerprint density at radius 1 is 0.365 bits per heavy atom. The number of hydrogen-bond donors (Lipinski definition) is 3. The molecular weight excluding hydrogens is 911 g/mol. The van der Waals surface area contributed by atoms with Crippen LogP contribution in [0.5, 0.6) is 0 Å². The van der Waals surface area contributed by atoms with E-state index in [4.69, 9.17) is 4.74 Å². The molecule has 440 valence electrons. The zero-order valence-electron chi connectivity index (χ0n) is 50.4. The molecule has 0 aromatic heterocycles. The van der Waals surface area contributed by atoms with Crippen molar-refractivity contribution in [1.29, 1.82) is 0 Å². The Morgan fingerprint density at radius 2 is 0.635 bits per heavy atom. The maximum Gasteiger partial charge on any atom is 0.305 e. The van der Waals surface area contributed by atoms with E-state index in [1.54, 1.807) is 0 Å². The number of unbranched alkanes of at least 4 members (excludes halogenated alkanes) is 51. The molecule has 3 N–H and O–H groups in total. The monoisotopic (exact) mass is 1040 g/mol. The number of allylic oxidation sites excluding steroid dienone is 2. The summed E-state index contributed by atoms with van der Waals surface area (Å²) < 4.78 is 5.48. The second kappa shape index (κ2) is 64.1. The van der Waals surface area contributed by atoms with Gasteiger partial charge in [-0.05, 0) is 51.4 Å². The molecule has 0 spiro atoms. The van der Waals surface area contributed by atoms with Crippen molar-refractivity contribution < 1.29 is 24.5 Å². The van der Waals surface area contributed by atoms with E-state index < -0.39 is 12.1 Å². The van der Waals surface area contributed by atoms with Crippen molar-refractivity contribution in [2.24, 2.45) is 0 Å². The topological polar surface area (TPSA) is 95.9 Å². The highest BCUT2D eigenvalue weighted by atomic mass is 16.5. The van der Waals surface area contributed by atoms with Crippen LogP contribution < -0.4 is 5.32 Å². The molecule has 0 aromatic carbocycles. The fraction of sp³-hybridized carbons (Fsp3) is 0.941. The van der Waals surface area contributed by atoms with E-state index >= 15 is 0 Å². The van der Waals surface area contributed by atoms with Crippen LogP contribution >= 0.6 is 0 Å². The number of nitrogens with one attached hydrogen (secondary N) is 1. The number of rotatable bonds is 64. The van der Waals surface area contributed by atoms with Gasteiger partial charge < -0.3 is 20.3 Å². The van der Waals surface area contributed by atoms with E-state index in [9.17, 15) is 19.8 Å². The Hall–Kier alpha value is -1.40. The third-order valence-electron chi connectivity index (χ3n) is 16.1. The first-order valence-corrected chi connectivity index (χ1v) is 33.9. The molecule has 0 aliphatic rings. The molecule has 0 saturated heterocycles. The average Bonchev–Trinajstić information content (AvgIpc) is 3.40. The van der Waals surface area contributed by atoms with Crippen LogP contribution in [0.1, 0.15) is 386 Å². The molecule has 0 aliphatic carbocycles. The highest BCUT2D eigenvalue weighted by Crippen LogP contribution is 2.19. The fourth-order valence-corrected chi connectivity index (χ4v) is 10.9. The summed E-state index contributed by atoms with van der Waals surface area (Å²) in [5, 5.41) is 23.4. The summed E-state index contributed by atoms with van der Waals surface area (Å²) in [6.45, 7) is 4.99. The average molecular weight is 1040 g/mol. The number of amides is 1. The van der Waals surface area contributed by atoms with Crippen LogP contribution in [0.3, 0.4) is 0 Å². The SMILES string of the molecule is CCCCCCCCCCCCCCCCCCCCCCCC(O)C(CO)NC(=O)CCCCCCCCC/C=C\CCCCCCCCCCCCCCOC(=O)CCCCCCCCCCCCCCC. The van der Waals surface area contributed by atoms with E-state index in [1.807, 2.05) is 0 Å². The van der Waals surface area contributed by atoms with Gasteiger partial charge in [0.15, 0.2) is 0 Å². The van der Waals surface area contributed by atoms with Gasteiger partial charge in [-0.15, -0.1) is 0 Å². The number of carbonyl (C=O) groups is 2. The summed E-state index contributed by atoms with van der Waals surface area (Å²) in [5.41, 5.74) is 0. The van der Waals surface area contributed by atoms with Crippen LogP contribution in [0, 0.1) is 0 Å². The predicted octanol–water partition coefficient (Wildman–Crippen LogP) is 21.6. The summed E-state index contributed by atoms with van der Waals surface area (Å²) in [5.74, 6) is -0.0227. The van der Waals surface area contributed by atoms with E-state index in [0.717, 1.165) is 38.5 Å². The lowest BCUT2D eigenvalue weighted by molar-refractivity contribution is -0.143. The number of ether oxygens (including phenoxy) is 1. The van der Waals surface area contributed by atoms with Gasteiger partial charge in [-0.2, -0.15) is 0 Å². The van der Waals surface area contributed by atoms with Crippen molar-refractivity contribution in [2.75, 3.05) is 13.2 Å². The lowest BCUT2D eigenvalue weighted by atomic mass is 10.0. The summed E-state index contributed by atoms with van der Waals surface area (Å²) in [6.07, 6.45) is 78.1. The highest BCUT2D eigenvalue weighted by molar-refractivity contribution is 5.76. The van der Waals surface area contributed by atoms with Crippen molar-refractivity contribution in [3.05, 3.63) is 12.2 Å². The largest absolute Gasteiger partial charge is 0.466 e. The Kier molecular flexibility index (Phi) is 62.9. The molecule has 1 amide bonds. The molecule has 0 fully saturated rings. The van der Waals surface area contributed by atoms with Crippen molar-refractivity contribution in [2.45, 2.75) is 398 Å². The molecule has 0 rings (SSSR count). The second-order valence-corrected chi connectivity index (χ2v) is 23.5. The van der Waals surface area contributed by atoms with Crippen LogP contribution in [-0.4, -0.2) is 47.4 Å². The lowest BCUT2D eigenvalue weighted by Gasteiger charge is -2.22. The molecule has 2 atom stereocenters. The summed E-state index contributed by atoms with van der Waals surface area (Å²) in [7, 11) is 0.